The van der Waals surface area contributed by atoms with E-state index in [1.165, 1.54) is 23.3 Å². The van der Waals surface area contributed by atoms with Gasteiger partial charge in [-0.05, 0) is 50.4 Å². The molecular weight excluding hydrogens is 266 g/mol. The van der Waals surface area contributed by atoms with Gasteiger partial charge in [0, 0.05) is 16.2 Å². The summed E-state index contributed by atoms with van der Waals surface area (Å²) >= 11 is 1.85. The SMILES string of the molecule is CCCNC(C)c1cccc(SC2CCCCC2O)c1. The Morgan fingerprint density at radius 2 is 2.15 bits per heavy atom. The molecule has 2 rings (SSSR count). The molecular formula is C17H27NOS. The lowest BCUT2D eigenvalue weighted by atomic mass is 9.97. The van der Waals surface area contributed by atoms with Gasteiger partial charge in [0.15, 0.2) is 0 Å². The van der Waals surface area contributed by atoms with E-state index in [9.17, 15) is 5.11 Å². The number of rotatable bonds is 6. The number of hydrogen-bond acceptors (Lipinski definition) is 3. The minimum Gasteiger partial charge on any atom is -0.392 e. The van der Waals surface area contributed by atoms with Gasteiger partial charge in [0.05, 0.1) is 6.10 Å². The van der Waals surface area contributed by atoms with Crippen LogP contribution in [0.25, 0.3) is 0 Å². The lowest BCUT2D eigenvalue weighted by Crippen LogP contribution is -2.26. The fourth-order valence-corrected chi connectivity index (χ4v) is 4.01. The van der Waals surface area contributed by atoms with Gasteiger partial charge in [-0.2, -0.15) is 0 Å². The topological polar surface area (TPSA) is 32.3 Å². The number of aliphatic hydroxyl groups is 1. The van der Waals surface area contributed by atoms with Gasteiger partial charge in [-0.3, -0.25) is 0 Å². The summed E-state index contributed by atoms with van der Waals surface area (Å²) < 4.78 is 0. The molecule has 0 spiro atoms. The zero-order valence-corrected chi connectivity index (χ0v) is 13.5. The molecule has 1 fully saturated rings. The molecule has 0 aliphatic heterocycles. The summed E-state index contributed by atoms with van der Waals surface area (Å²) in [6, 6.07) is 9.17. The van der Waals surface area contributed by atoms with Crippen molar-refractivity contribution in [2.45, 2.75) is 68.2 Å². The van der Waals surface area contributed by atoms with Gasteiger partial charge in [0.1, 0.15) is 0 Å². The van der Waals surface area contributed by atoms with E-state index in [0.29, 0.717) is 11.3 Å². The molecule has 3 heteroatoms. The smallest absolute Gasteiger partial charge is 0.0662 e. The first kappa shape index (κ1) is 15.9. The number of aliphatic hydroxyl groups excluding tert-OH is 1. The van der Waals surface area contributed by atoms with Crippen LogP contribution in [-0.2, 0) is 0 Å². The van der Waals surface area contributed by atoms with E-state index in [1.54, 1.807) is 0 Å². The maximum Gasteiger partial charge on any atom is 0.0662 e. The molecule has 3 unspecified atom stereocenters. The predicted octanol–water partition coefficient (Wildman–Crippen LogP) is 4.14. The third-order valence-corrected chi connectivity index (χ3v) is 5.39. The third kappa shape index (κ3) is 4.51. The highest BCUT2D eigenvalue weighted by Gasteiger charge is 2.23. The second-order valence-electron chi connectivity index (χ2n) is 5.76. The molecule has 0 radical (unpaired) electrons. The van der Waals surface area contributed by atoms with Gasteiger partial charge in [0.2, 0.25) is 0 Å². The van der Waals surface area contributed by atoms with Gasteiger partial charge < -0.3 is 10.4 Å². The van der Waals surface area contributed by atoms with Crippen molar-refractivity contribution in [3.63, 3.8) is 0 Å². The van der Waals surface area contributed by atoms with Gasteiger partial charge in [0.25, 0.3) is 0 Å². The van der Waals surface area contributed by atoms with Crippen molar-refractivity contribution < 1.29 is 5.11 Å². The van der Waals surface area contributed by atoms with Gasteiger partial charge in [-0.1, -0.05) is 31.9 Å². The van der Waals surface area contributed by atoms with Crippen LogP contribution in [0.4, 0.5) is 0 Å². The zero-order chi connectivity index (χ0) is 14.4. The maximum absolute atomic E-state index is 10.1. The largest absolute Gasteiger partial charge is 0.392 e. The van der Waals surface area contributed by atoms with Crippen LogP contribution in [0.5, 0.6) is 0 Å². The number of nitrogens with one attached hydrogen (secondary N) is 1. The van der Waals surface area contributed by atoms with Crippen LogP contribution in [0, 0.1) is 0 Å². The molecule has 0 heterocycles. The average Bonchev–Trinajstić information content (AvgIpc) is 2.47. The van der Waals surface area contributed by atoms with Crippen LogP contribution in [0.2, 0.25) is 0 Å². The van der Waals surface area contributed by atoms with E-state index in [0.717, 1.165) is 25.8 Å². The number of thioether (sulfide) groups is 1. The lowest BCUT2D eigenvalue weighted by molar-refractivity contribution is 0.137. The lowest BCUT2D eigenvalue weighted by Gasteiger charge is -2.27. The van der Waals surface area contributed by atoms with Gasteiger partial charge in [-0.25, -0.2) is 0 Å². The molecule has 1 aromatic rings. The van der Waals surface area contributed by atoms with Crippen LogP contribution < -0.4 is 5.32 Å². The Kier molecular flexibility index (Phi) is 6.40. The molecule has 2 N–H and O–H groups in total. The molecule has 1 aliphatic rings. The highest BCUT2D eigenvalue weighted by molar-refractivity contribution is 8.00. The monoisotopic (exact) mass is 293 g/mol. The van der Waals surface area contributed by atoms with Crippen molar-refractivity contribution in [3.8, 4) is 0 Å². The van der Waals surface area contributed by atoms with Gasteiger partial charge in [-0.15, -0.1) is 11.8 Å². The summed E-state index contributed by atoms with van der Waals surface area (Å²) in [5, 5.41) is 14.0. The van der Waals surface area contributed by atoms with Crippen LogP contribution in [0.1, 0.15) is 57.6 Å². The van der Waals surface area contributed by atoms with E-state index in [-0.39, 0.29) is 6.10 Å². The van der Waals surface area contributed by atoms with E-state index in [2.05, 4.69) is 43.4 Å². The number of hydrogen-bond donors (Lipinski definition) is 2. The van der Waals surface area contributed by atoms with Crippen molar-refractivity contribution in [3.05, 3.63) is 29.8 Å². The molecule has 0 aromatic heterocycles. The first-order chi connectivity index (χ1) is 9.70. The normalized spacial score (nSPS) is 24.6. The van der Waals surface area contributed by atoms with E-state index < -0.39 is 0 Å². The standard InChI is InChI=1S/C17H27NOS/c1-3-11-18-13(2)14-7-6-8-15(12-14)20-17-10-5-4-9-16(17)19/h6-8,12-13,16-19H,3-5,9-11H2,1-2H3. The Hall–Kier alpha value is -0.510. The summed E-state index contributed by atoms with van der Waals surface area (Å²) in [7, 11) is 0. The van der Waals surface area contributed by atoms with Crippen molar-refractivity contribution in [2.75, 3.05) is 6.54 Å². The molecule has 3 atom stereocenters. The average molecular weight is 293 g/mol. The molecule has 20 heavy (non-hydrogen) atoms. The Morgan fingerprint density at radius 3 is 2.90 bits per heavy atom. The highest BCUT2D eigenvalue weighted by atomic mass is 32.2. The Morgan fingerprint density at radius 1 is 1.35 bits per heavy atom. The summed E-state index contributed by atoms with van der Waals surface area (Å²) in [6.07, 6.45) is 5.56. The van der Waals surface area contributed by atoms with Crippen molar-refractivity contribution in [2.24, 2.45) is 0 Å². The summed E-state index contributed by atoms with van der Waals surface area (Å²) in [4.78, 5) is 1.29. The Labute approximate surface area is 127 Å². The molecule has 112 valence electrons. The van der Waals surface area contributed by atoms with Crippen LogP contribution >= 0.6 is 11.8 Å². The van der Waals surface area contributed by atoms with E-state index >= 15 is 0 Å². The fraction of sp³-hybridized carbons (Fsp3) is 0.647. The summed E-state index contributed by atoms with van der Waals surface area (Å²) in [5.74, 6) is 0. The van der Waals surface area contributed by atoms with E-state index in [1.807, 2.05) is 11.8 Å². The molecule has 1 saturated carbocycles. The molecule has 2 nitrogen and oxygen atoms in total. The van der Waals surface area contributed by atoms with E-state index in [4.69, 9.17) is 0 Å². The minimum atomic E-state index is -0.131. The first-order valence-corrected chi connectivity index (χ1v) is 8.76. The molecule has 1 aliphatic carbocycles. The highest BCUT2D eigenvalue weighted by Crippen LogP contribution is 2.34. The first-order valence-electron chi connectivity index (χ1n) is 7.88. The van der Waals surface area contributed by atoms with Crippen LogP contribution in [-0.4, -0.2) is 23.0 Å². The van der Waals surface area contributed by atoms with Crippen LogP contribution in [0.15, 0.2) is 29.2 Å². The molecule has 0 saturated heterocycles. The third-order valence-electron chi connectivity index (χ3n) is 4.01. The second kappa shape index (κ2) is 8.06. The quantitative estimate of drug-likeness (QED) is 0.826. The predicted molar refractivity (Wildman–Crippen MR) is 87.3 cm³/mol. The zero-order valence-electron chi connectivity index (χ0n) is 12.6. The number of benzene rings is 1. The second-order valence-corrected chi connectivity index (χ2v) is 7.07. The van der Waals surface area contributed by atoms with Crippen molar-refractivity contribution >= 4 is 11.8 Å². The minimum absolute atomic E-state index is 0.131. The van der Waals surface area contributed by atoms with Crippen LogP contribution in [0.3, 0.4) is 0 Å². The molecule has 1 aromatic carbocycles. The van der Waals surface area contributed by atoms with Crippen molar-refractivity contribution in [1.29, 1.82) is 0 Å². The molecule has 0 bridgehead atoms. The summed E-state index contributed by atoms with van der Waals surface area (Å²) in [5.41, 5.74) is 1.34. The molecule has 0 amide bonds. The summed E-state index contributed by atoms with van der Waals surface area (Å²) in [6.45, 7) is 5.46. The maximum atomic E-state index is 10.1. The Bertz CT molecular complexity index is 410. The fourth-order valence-electron chi connectivity index (χ4n) is 2.73. The van der Waals surface area contributed by atoms with Crippen molar-refractivity contribution in [1.82, 2.24) is 5.32 Å². The Balaban J connectivity index is 1.98. The van der Waals surface area contributed by atoms with Gasteiger partial charge >= 0.3 is 0 Å².